The first-order chi connectivity index (χ1) is 6.66. The van der Waals surface area contributed by atoms with E-state index in [9.17, 15) is 4.79 Å². The van der Waals surface area contributed by atoms with E-state index >= 15 is 0 Å². The number of pyridine rings is 1. The van der Waals surface area contributed by atoms with Crippen molar-refractivity contribution in [3.05, 3.63) is 29.1 Å². The van der Waals surface area contributed by atoms with E-state index in [-0.39, 0.29) is 5.97 Å². The Morgan fingerprint density at radius 1 is 1.43 bits per heavy atom. The normalized spacial score (nSPS) is 15.2. The van der Waals surface area contributed by atoms with Gasteiger partial charge in [0, 0.05) is 17.5 Å². The lowest BCUT2D eigenvalue weighted by Crippen LogP contribution is -2.17. The fraction of sp³-hybridized carbons (Fsp3) is 0.455. The summed E-state index contributed by atoms with van der Waals surface area (Å²) in [6.07, 6.45) is 2.20. The summed E-state index contributed by atoms with van der Waals surface area (Å²) in [5.74, 6) is 0.261. The molecule has 0 saturated heterocycles. The molecular formula is C11H13NO2. The van der Waals surface area contributed by atoms with Gasteiger partial charge in [0.15, 0.2) is 0 Å². The molecule has 2 heterocycles. The van der Waals surface area contributed by atoms with Gasteiger partial charge in [-0.25, -0.2) is 0 Å². The first kappa shape index (κ1) is 9.19. The molecule has 3 heteroatoms. The third kappa shape index (κ3) is 1.62. The number of hydrogen-bond donors (Lipinski definition) is 0. The van der Waals surface area contributed by atoms with E-state index in [2.05, 4.69) is 18.8 Å². The quantitative estimate of drug-likeness (QED) is 0.635. The predicted octanol–water partition coefficient (Wildman–Crippen LogP) is 1.80. The van der Waals surface area contributed by atoms with Crippen LogP contribution in [0.4, 0.5) is 0 Å². The Balaban J connectivity index is 2.37. The molecule has 0 saturated carbocycles. The summed E-state index contributed by atoms with van der Waals surface area (Å²) in [5.41, 5.74) is 3.15. The van der Waals surface area contributed by atoms with E-state index in [0.29, 0.717) is 18.9 Å². The molecule has 0 amide bonds. The third-order valence-electron chi connectivity index (χ3n) is 2.42. The Labute approximate surface area is 83.1 Å². The summed E-state index contributed by atoms with van der Waals surface area (Å²) >= 11 is 0. The topological polar surface area (TPSA) is 39.2 Å². The Kier molecular flexibility index (Phi) is 2.23. The van der Waals surface area contributed by atoms with Gasteiger partial charge < -0.3 is 4.74 Å². The minimum atomic E-state index is -0.140. The van der Waals surface area contributed by atoms with Crippen molar-refractivity contribution in [2.75, 3.05) is 0 Å². The van der Waals surface area contributed by atoms with Crippen LogP contribution in [0.5, 0.6) is 0 Å². The summed E-state index contributed by atoms with van der Waals surface area (Å²) in [5, 5.41) is 0. The van der Waals surface area contributed by atoms with Crippen LogP contribution in [0.3, 0.4) is 0 Å². The van der Waals surface area contributed by atoms with Crippen LogP contribution in [0, 0.1) is 0 Å². The second-order valence-electron chi connectivity index (χ2n) is 3.87. The fourth-order valence-electron chi connectivity index (χ4n) is 1.52. The standard InChI is InChI=1S/C11H13NO2/c1-7(2)10-3-8-4-11(13)14-6-9(8)5-12-10/h3,5,7H,4,6H2,1-2H3. The molecule has 1 aromatic rings. The van der Waals surface area contributed by atoms with Gasteiger partial charge in [0.05, 0.1) is 6.42 Å². The first-order valence-corrected chi connectivity index (χ1v) is 4.80. The molecule has 0 atom stereocenters. The van der Waals surface area contributed by atoms with Crippen molar-refractivity contribution in [3.8, 4) is 0 Å². The summed E-state index contributed by atoms with van der Waals surface area (Å²) in [6.45, 7) is 4.56. The third-order valence-corrected chi connectivity index (χ3v) is 2.42. The number of carbonyl (C=O) groups is 1. The average Bonchev–Trinajstić information content (AvgIpc) is 2.16. The van der Waals surface area contributed by atoms with Crippen LogP contribution in [0.15, 0.2) is 12.3 Å². The Bertz CT molecular complexity index is 372. The number of rotatable bonds is 1. The molecule has 0 N–H and O–H groups in total. The maximum absolute atomic E-state index is 11.1. The van der Waals surface area contributed by atoms with Crippen molar-refractivity contribution in [2.45, 2.75) is 32.8 Å². The van der Waals surface area contributed by atoms with Crippen molar-refractivity contribution < 1.29 is 9.53 Å². The van der Waals surface area contributed by atoms with Crippen LogP contribution in [-0.4, -0.2) is 11.0 Å². The van der Waals surface area contributed by atoms with Crippen molar-refractivity contribution in [2.24, 2.45) is 0 Å². The number of hydrogen-bond acceptors (Lipinski definition) is 3. The summed E-state index contributed by atoms with van der Waals surface area (Å²) in [6, 6.07) is 2.01. The van der Waals surface area contributed by atoms with Gasteiger partial charge in [-0.1, -0.05) is 13.8 Å². The van der Waals surface area contributed by atoms with Gasteiger partial charge in [0.25, 0.3) is 0 Å². The second-order valence-corrected chi connectivity index (χ2v) is 3.87. The second kappa shape index (κ2) is 3.40. The van der Waals surface area contributed by atoms with Crippen LogP contribution in [0.2, 0.25) is 0 Å². The van der Waals surface area contributed by atoms with Gasteiger partial charge >= 0.3 is 5.97 Å². The molecule has 0 radical (unpaired) electrons. The number of nitrogens with zero attached hydrogens (tertiary/aromatic N) is 1. The van der Waals surface area contributed by atoms with E-state index in [4.69, 9.17) is 4.74 Å². The minimum absolute atomic E-state index is 0.140. The SMILES string of the molecule is CC(C)c1cc2c(cn1)COC(=O)C2. The lowest BCUT2D eigenvalue weighted by Gasteiger charge is -2.16. The number of carbonyl (C=O) groups excluding carboxylic acids is 1. The highest BCUT2D eigenvalue weighted by atomic mass is 16.5. The van der Waals surface area contributed by atoms with Gasteiger partial charge in [0.2, 0.25) is 0 Å². The molecule has 14 heavy (non-hydrogen) atoms. The van der Waals surface area contributed by atoms with Crippen molar-refractivity contribution >= 4 is 5.97 Å². The van der Waals surface area contributed by atoms with Gasteiger partial charge in [-0.15, -0.1) is 0 Å². The Morgan fingerprint density at radius 2 is 2.21 bits per heavy atom. The lowest BCUT2D eigenvalue weighted by atomic mass is 10.0. The van der Waals surface area contributed by atoms with Gasteiger partial charge in [0.1, 0.15) is 6.61 Å². The van der Waals surface area contributed by atoms with E-state index in [1.54, 1.807) is 0 Å². The fourth-order valence-corrected chi connectivity index (χ4v) is 1.52. The molecule has 1 aliphatic heterocycles. The van der Waals surface area contributed by atoms with Gasteiger partial charge in [-0.2, -0.15) is 0 Å². The molecule has 0 spiro atoms. The smallest absolute Gasteiger partial charge is 0.310 e. The number of cyclic esters (lactones) is 1. The van der Waals surface area contributed by atoms with E-state index < -0.39 is 0 Å². The van der Waals surface area contributed by atoms with Crippen LogP contribution in [0.1, 0.15) is 36.6 Å². The summed E-state index contributed by atoms with van der Waals surface area (Å²) in [4.78, 5) is 15.4. The molecule has 1 aromatic heterocycles. The molecule has 3 nitrogen and oxygen atoms in total. The zero-order valence-electron chi connectivity index (χ0n) is 8.41. The molecule has 2 rings (SSSR count). The highest BCUT2D eigenvalue weighted by molar-refractivity contribution is 5.74. The minimum Gasteiger partial charge on any atom is -0.460 e. The van der Waals surface area contributed by atoms with E-state index in [1.807, 2.05) is 12.3 Å². The first-order valence-electron chi connectivity index (χ1n) is 4.80. The lowest BCUT2D eigenvalue weighted by molar-refractivity contribution is -0.145. The van der Waals surface area contributed by atoms with E-state index in [1.165, 1.54) is 0 Å². The van der Waals surface area contributed by atoms with Crippen molar-refractivity contribution in [1.82, 2.24) is 4.98 Å². The molecular weight excluding hydrogens is 178 g/mol. The van der Waals surface area contributed by atoms with Crippen LogP contribution in [-0.2, 0) is 22.6 Å². The number of esters is 1. The molecule has 0 fully saturated rings. The van der Waals surface area contributed by atoms with Crippen molar-refractivity contribution in [3.63, 3.8) is 0 Å². The highest BCUT2D eigenvalue weighted by Gasteiger charge is 2.17. The van der Waals surface area contributed by atoms with Crippen LogP contribution in [0.25, 0.3) is 0 Å². The largest absolute Gasteiger partial charge is 0.460 e. The number of aromatic nitrogens is 1. The van der Waals surface area contributed by atoms with Gasteiger partial charge in [-0.05, 0) is 17.5 Å². The summed E-state index contributed by atoms with van der Waals surface area (Å²) in [7, 11) is 0. The molecule has 0 bridgehead atoms. The zero-order valence-corrected chi connectivity index (χ0v) is 8.41. The van der Waals surface area contributed by atoms with Crippen LogP contribution >= 0.6 is 0 Å². The maximum atomic E-state index is 11.1. The van der Waals surface area contributed by atoms with Crippen molar-refractivity contribution in [1.29, 1.82) is 0 Å². The maximum Gasteiger partial charge on any atom is 0.310 e. The summed E-state index contributed by atoms with van der Waals surface area (Å²) < 4.78 is 4.93. The predicted molar refractivity (Wildman–Crippen MR) is 51.8 cm³/mol. The molecule has 0 aromatic carbocycles. The van der Waals surface area contributed by atoms with Gasteiger partial charge in [-0.3, -0.25) is 9.78 Å². The molecule has 1 aliphatic rings. The number of ether oxygens (including phenoxy) is 1. The molecule has 0 aliphatic carbocycles. The Hall–Kier alpha value is -1.38. The number of fused-ring (bicyclic) bond motifs is 1. The Morgan fingerprint density at radius 3 is 2.93 bits per heavy atom. The zero-order chi connectivity index (χ0) is 10.1. The van der Waals surface area contributed by atoms with Crippen LogP contribution < -0.4 is 0 Å². The van der Waals surface area contributed by atoms with E-state index in [0.717, 1.165) is 16.8 Å². The molecule has 74 valence electrons. The monoisotopic (exact) mass is 191 g/mol. The highest BCUT2D eigenvalue weighted by Crippen LogP contribution is 2.20. The molecule has 0 unspecified atom stereocenters. The average molecular weight is 191 g/mol.